The highest BCUT2D eigenvalue weighted by Gasteiger charge is 2.32. The van der Waals surface area contributed by atoms with Gasteiger partial charge < -0.3 is 15.4 Å². The van der Waals surface area contributed by atoms with Crippen molar-refractivity contribution in [2.45, 2.75) is 13.8 Å². The van der Waals surface area contributed by atoms with E-state index in [0.29, 0.717) is 26.2 Å². The second kappa shape index (κ2) is 5.11. The van der Waals surface area contributed by atoms with Crippen molar-refractivity contribution >= 4 is 11.9 Å². The molecule has 0 saturated carbocycles. The lowest BCUT2D eigenvalue weighted by molar-refractivity contribution is -0.148. The Morgan fingerprint density at radius 2 is 2.13 bits per heavy atom. The molecule has 0 aromatic carbocycles. The first-order chi connectivity index (χ1) is 7.04. The number of esters is 1. The quantitative estimate of drug-likeness (QED) is 0.632. The fourth-order valence-electron chi connectivity index (χ4n) is 1.65. The van der Waals surface area contributed by atoms with Crippen LogP contribution in [0.25, 0.3) is 0 Å². The van der Waals surface area contributed by atoms with Gasteiger partial charge >= 0.3 is 5.97 Å². The van der Waals surface area contributed by atoms with E-state index in [2.05, 4.69) is 0 Å². The van der Waals surface area contributed by atoms with Gasteiger partial charge in [0.2, 0.25) is 5.91 Å². The summed E-state index contributed by atoms with van der Waals surface area (Å²) >= 11 is 0. The second-order valence-corrected chi connectivity index (χ2v) is 3.97. The average molecular weight is 214 g/mol. The van der Waals surface area contributed by atoms with Crippen molar-refractivity contribution in [1.82, 2.24) is 4.90 Å². The third-order valence-corrected chi connectivity index (χ3v) is 2.58. The largest absolute Gasteiger partial charge is 0.466 e. The van der Waals surface area contributed by atoms with Crippen molar-refractivity contribution in [2.24, 2.45) is 17.6 Å². The molecule has 0 aromatic rings. The maximum atomic E-state index is 11.3. The fourth-order valence-corrected chi connectivity index (χ4v) is 1.65. The van der Waals surface area contributed by atoms with Gasteiger partial charge in [0.1, 0.15) is 0 Å². The number of primary amides is 1. The van der Waals surface area contributed by atoms with E-state index in [1.165, 1.54) is 0 Å². The predicted molar refractivity (Wildman–Crippen MR) is 54.9 cm³/mol. The summed E-state index contributed by atoms with van der Waals surface area (Å²) in [7, 11) is 0. The number of ether oxygens (including phenoxy) is 1. The van der Waals surface area contributed by atoms with Gasteiger partial charge in [0.15, 0.2) is 0 Å². The van der Waals surface area contributed by atoms with E-state index in [1.807, 2.05) is 11.8 Å². The van der Waals surface area contributed by atoms with Gasteiger partial charge in [-0.05, 0) is 6.92 Å². The molecule has 0 radical (unpaired) electrons. The molecule has 5 nitrogen and oxygen atoms in total. The Labute approximate surface area is 89.6 Å². The Balaban J connectivity index is 2.21. The summed E-state index contributed by atoms with van der Waals surface area (Å²) in [6.07, 6.45) is 0. The van der Waals surface area contributed by atoms with Crippen LogP contribution in [-0.4, -0.2) is 43.0 Å². The smallest absolute Gasteiger partial charge is 0.309 e. The molecule has 15 heavy (non-hydrogen) atoms. The summed E-state index contributed by atoms with van der Waals surface area (Å²) in [6, 6.07) is 0. The number of hydrogen-bond donors (Lipinski definition) is 1. The van der Waals surface area contributed by atoms with Gasteiger partial charge in [0.25, 0.3) is 0 Å². The van der Waals surface area contributed by atoms with Gasteiger partial charge in [-0.25, -0.2) is 0 Å². The molecule has 5 heteroatoms. The molecule has 2 N–H and O–H groups in total. The molecule has 0 aromatic heterocycles. The molecule has 0 bridgehead atoms. The molecule has 1 heterocycles. The molecule has 1 rings (SSSR count). The Morgan fingerprint density at radius 3 is 2.60 bits per heavy atom. The summed E-state index contributed by atoms with van der Waals surface area (Å²) < 4.78 is 4.89. The zero-order chi connectivity index (χ0) is 11.4. The molecule has 0 aliphatic carbocycles. The SMILES string of the molecule is CCOC(=O)C(C)CN1CC(C(N)=O)C1. The Bertz CT molecular complexity index is 249. The number of hydrogen-bond acceptors (Lipinski definition) is 4. The number of nitrogens with zero attached hydrogens (tertiary/aromatic N) is 1. The van der Waals surface area contributed by atoms with Crippen LogP contribution in [0.15, 0.2) is 0 Å². The van der Waals surface area contributed by atoms with E-state index >= 15 is 0 Å². The van der Waals surface area contributed by atoms with Gasteiger partial charge in [-0.3, -0.25) is 9.59 Å². The number of likely N-dealkylation sites (tertiary alicyclic amines) is 1. The van der Waals surface area contributed by atoms with Crippen LogP contribution in [0, 0.1) is 11.8 Å². The lowest BCUT2D eigenvalue weighted by Gasteiger charge is -2.38. The molecule has 1 atom stereocenters. The topological polar surface area (TPSA) is 72.6 Å². The summed E-state index contributed by atoms with van der Waals surface area (Å²) in [5, 5.41) is 0. The van der Waals surface area contributed by atoms with Crippen molar-refractivity contribution in [3.63, 3.8) is 0 Å². The maximum absolute atomic E-state index is 11.3. The first-order valence-electron chi connectivity index (χ1n) is 5.22. The minimum absolute atomic E-state index is 0.0422. The van der Waals surface area contributed by atoms with E-state index < -0.39 is 0 Å². The molecule has 1 aliphatic heterocycles. The maximum Gasteiger partial charge on any atom is 0.309 e. The highest BCUT2D eigenvalue weighted by atomic mass is 16.5. The van der Waals surface area contributed by atoms with Gasteiger partial charge in [-0.2, -0.15) is 0 Å². The van der Waals surface area contributed by atoms with Crippen LogP contribution in [0.5, 0.6) is 0 Å². The molecule has 1 saturated heterocycles. The van der Waals surface area contributed by atoms with Crippen LogP contribution in [0.2, 0.25) is 0 Å². The van der Waals surface area contributed by atoms with Gasteiger partial charge in [-0.1, -0.05) is 6.92 Å². The fraction of sp³-hybridized carbons (Fsp3) is 0.800. The summed E-state index contributed by atoms with van der Waals surface area (Å²) in [5.74, 6) is -0.617. The Hall–Kier alpha value is -1.10. The number of amides is 1. The van der Waals surface area contributed by atoms with Crippen molar-refractivity contribution in [3.05, 3.63) is 0 Å². The molecule has 1 amide bonds. The zero-order valence-electron chi connectivity index (χ0n) is 9.23. The standard InChI is InChI=1S/C10H18N2O3/c1-3-15-10(14)7(2)4-12-5-8(6-12)9(11)13/h7-8H,3-6H2,1-2H3,(H2,11,13). The first kappa shape index (κ1) is 12.0. The van der Waals surface area contributed by atoms with Crippen LogP contribution in [-0.2, 0) is 14.3 Å². The molecule has 1 aliphatic rings. The van der Waals surface area contributed by atoms with Gasteiger partial charge in [0.05, 0.1) is 18.4 Å². The van der Waals surface area contributed by atoms with E-state index in [-0.39, 0.29) is 23.7 Å². The van der Waals surface area contributed by atoms with Crippen molar-refractivity contribution in [3.8, 4) is 0 Å². The molecule has 86 valence electrons. The van der Waals surface area contributed by atoms with Crippen molar-refractivity contribution in [2.75, 3.05) is 26.2 Å². The minimum Gasteiger partial charge on any atom is -0.466 e. The Morgan fingerprint density at radius 1 is 1.53 bits per heavy atom. The lowest BCUT2D eigenvalue weighted by atomic mass is 9.98. The van der Waals surface area contributed by atoms with Crippen LogP contribution in [0.4, 0.5) is 0 Å². The minimum atomic E-state index is -0.255. The highest BCUT2D eigenvalue weighted by Crippen LogP contribution is 2.16. The monoisotopic (exact) mass is 214 g/mol. The van der Waals surface area contributed by atoms with E-state index in [9.17, 15) is 9.59 Å². The normalized spacial score (nSPS) is 19.3. The lowest BCUT2D eigenvalue weighted by Crippen LogP contribution is -2.54. The average Bonchev–Trinajstić information content (AvgIpc) is 2.09. The van der Waals surface area contributed by atoms with Gasteiger partial charge in [0, 0.05) is 19.6 Å². The third kappa shape index (κ3) is 3.20. The summed E-state index contributed by atoms with van der Waals surface area (Å²) in [6.45, 7) is 6.00. The van der Waals surface area contributed by atoms with E-state index in [4.69, 9.17) is 10.5 Å². The second-order valence-electron chi connectivity index (χ2n) is 3.97. The summed E-state index contributed by atoms with van der Waals surface area (Å²) in [4.78, 5) is 24.1. The van der Waals surface area contributed by atoms with E-state index in [1.54, 1.807) is 6.92 Å². The molecular formula is C10H18N2O3. The number of carbonyl (C=O) groups excluding carboxylic acids is 2. The Kier molecular flexibility index (Phi) is 4.08. The number of rotatable bonds is 5. The highest BCUT2D eigenvalue weighted by molar-refractivity contribution is 5.78. The third-order valence-electron chi connectivity index (χ3n) is 2.58. The zero-order valence-corrected chi connectivity index (χ0v) is 9.23. The molecule has 0 spiro atoms. The van der Waals surface area contributed by atoms with Crippen molar-refractivity contribution in [1.29, 1.82) is 0 Å². The predicted octanol–water partition coefficient (Wildman–Crippen LogP) is -0.397. The number of nitrogens with two attached hydrogens (primary N) is 1. The van der Waals surface area contributed by atoms with Crippen LogP contribution < -0.4 is 5.73 Å². The van der Waals surface area contributed by atoms with Crippen LogP contribution in [0.3, 0.4) is 0 Å². The molecule has 1 fully saturated rings. The van der Waals surface area contributed by atoms with Crippen LogP contribution >= 0.6 is 0 Å². The summed E-state index contributed by atoms with van der Waals surface area (Å²) in [5.41, 5.74) is 5.14. The van der Waals surface area contributed by atoms with E-state index in [0.717, 1.165) is 0 Å². The molecular weight excluding hydrogens is 196 g/mol. The molecule has 1 unspecified atom stereocenters. The first-order valence-corrected chi connectivity index (χ1v) is 5.22. The number of carbonyl (C=O) groups is 2. The van der Waals surface area contributed by atoms with Crippen molar-refractivity contribution < 1.29 is 14.3 Å². The van der Waals surface area contributed by atoms with Gasteiger partial charge in [-0.15, -0.1) is 0 Å². The van der Waals surface area contributed by atoms with Crippen LogP contribution in [0.1, 0.15) is 13.8 Å².